The van der Waals surface area contributed by atoms with Gasteiger partial charge in [0.25, 0.3) is 0 Å². The summed E-state index contributed by atoms with van der Waals surface area (Å²) in [6, 6.07) is 14.3. The van der Waals surface area contributed by atoms with Gasteiger partial charge in [-0.2, -0.15) is 0 Å². The number of sulfone groups is 1. The van der Waals surface area contributed by atoms with Gasteiger partial charge in [-0.25, -0.2) is 18.2 Å². The second kappa shape index (κ2) is 12.4. The molecule has 226 valence electrons. The summed E-state index contributed by atoms with van der Waals surface area (Å²) in [7, 11) is -5.37. The van der Waals surface area contributed by atoms with Crippen LogP contribution >= 0.6 is 0 Å². The van der Waals surface area contributed by atoms with Crippen LogP contribution in [-0.4, -0.2) is 64.2 Å². The van der Waals surface area contributed by atoms with Gasteiger partial charge in [0.15, 0.2) is 9.84 Å². The van der Waals surface area contributed by atoms with E-state index in [1.165, 1.54) is 30.3 Å². The van der Waals surface area contributed by atoms with E-state index in [1.807, 2.05) is 12.1 Å². The minimum atomic E-state index is -3.34. The number of nitrogens with one attached hydrogen (secondary N) is 1. The highest BCUT2D eigenvalue weighted by molar-refractivity contribution is 7.90. The zero-order chi connectivity index (χ0) is 30.8. The molecule has 4 rings (SSSR count). The normalized spacial score (nSPS) is 15.8. The molecule has 2 heterocycles. The van der Waals surface area contributed by atoms with Crippen LogP contribution in [0.4, 0.5) is 0 Å². The van der Waals surface area contributed by atoms with E-state index >= 15 is 0 Å². The van der Waals surface area contributed by atoms with Gasteiger partial charge in [-0.05, 0) is 71.2 Å². The van der Waals surface area contributed by atoms with Crippen molar-refractivity contribution >= 4 is 30.0 Å². The first-order chi connectivity index (χ1) is 19.7. The quantitative estimate of drug-likeness (QED) is 0.213. The summed E-state index contributed by atoms with van der Waals surface area (Å²) in [4.78, 5) is 19.9. The molecule has 42 heavy (non-hydrogen) atoms. The number of hydrogen-bond donors (Lipinski definition) is 2. The predicted octanol–water partition coefficient (Wildman–Crippen LogP) is 6.91. The number of hydrogen-bond acceptors (Lipinski definition) is 7. The van der Waals surface area contributed by atoms with Crippen LogP contribution in [0.3, 0.4) is 0 Å². The summed E-state index contributed by atoms with van der Waals surface area (Å²) in [6.45, 7) is 14.6. The van der Waals surface area contributed by atoms with Crippen molar-refractivity contribution in [2.45, 2.75) is 69.2 Å². The van der Waals surface area contributed by atoms with Crippen molar-refractivity contribution in [3.05, 3.63) is 65.9 Å². The Morgan fingerprint density at radius 3 is 2.17 bits per heavy atom. The lowest BCUT2D eigenvalue weighted by Gasteiger charge is -2.42. The molecule has 2 aromatic carbocycles. The number of aliphatic imine (C=N–C) groups is 1. The Hall–Kier alpha value is -3.41. The Bertz CT molecular complexity index is 1540. The van der Waals surface area contributed by atoms with Crippen LogP contribution in [0.25, 0.3) is 11.3 Å². The van der Waals surface area contributed by atoms with Crippen LogP contribution < -0.4 is 4.74 Å². The van der Waals surface area contributed by atoms with Crippen LogP contribution in [0.1, 0.15) is 57.6 Å². The number of rotatable bonds is 12. The molecule has 9 nitrogen and oxygen atoms in total. The summed E-state index contributed by atoms with van der Waals surface area (Å²) in [5, 5.41) is 9.71. The van der Waals surface area contributed by atoms with E-state index < -0.39 is 24.1 Å². The van der Waals surface area contributed by atoms with Gasteiger partial charge in [0.05, 0.1) is 23.6 Å². The number of aromatic amines is 1. The lowest BCUT2D eigenvalue weighted by Crippen LogP contribution is -2.49. The number of carbonyl (C=O) groups is 1. The Morgan fingerprint density at radius 1 is 0.976 bits per heavy atom. The van der Waals surface area contributed by atoms with E-state index in [2.05, 4.69) is 51.5 Å². The van der Waals surface area contributed by atoms with Gasteiger partial charge in [-0.1, -0.05) is 41.5 Å². The van der Waals surface area contributed by atoms with Crippen molar-refractivity contribution in [1.82, 2.24) is 4.98 Å². The SMILES string of the molecule is CC(C)[Si](OC[C@H]1CN=C(c2ccc(-c3cc(Oc4ccc(S(C)(=O)=O)cc4)cc(C(=O)O)c3)[nH]2)O1)(C(C)C)C(C)C. The van der Waals surface area contributed by atoms with Crippen molar-refractivity contribution in [3.8, 4) is 22.8 Å². The molecule has 11 heteroatoms. The number of benzene rings is 2. The molecule has 1 aromatic heterocycles. The van der Waals surface area contributed by atoms with E-state index in [1.54, 1.807) is 12.1 Å². The monoisotopic (exact) mass is 612 g/mol. The van der Waals surface area contributed by atoms with Crippen molar-refractivity contribution in [2.24, 2.45) is 4.99 Å². The third-order valence-electron chi connectivity index (χ3n) is 7.81. The number of nitrogens with zero attached hydrogens (tertiary/aromatic N) is 1. The van der Waals surface area contributed by atoms with Gasteiger partial charge in [0.2, 0.25) is 14.2 Å². The predicted molar refractivity (Wildman–Crippen MR) is 166 cm³/mol. The van der Waals surface area contributed by atoms with Crippen LogP contribution in [0.5, 0.6) is 11.5 Å². The average Bonchev–Trinajstić information content (AvgIpc) is 3.58. The maximum Gasteiger partial charge on any atom is 0.335 e. The molecule has 0 spiro atoms. The maximum atomic E-state index is 11.9. The fraction of sp³-hybridized carbons (Fsp3) is 0.419. The van der Waals surface area contributed by atoms with Gasteiger partial charge in [-0.3, -0.25) is 0 Å². The number of carboxylic acid groups (broad SMARTS) is 1. The largest absolute Gasteiger partial charge is 0.478 e. The average molecular weight is 613 g/mol. The molecule has 0 fully saturated rings. The maximum absolute atomic E-state index is 11.9. The number of aromatic nitrogens is 1. The van der Waals surface area contributed by atoms with Gasteiger partial charge >= 0.3 is 5.97 Å². The molecule has 0 saturated carbocycles. The lowest BCUT2D eigenvalue weighted by atomic mass is 10.1. The van der Waals surface area contributed by atoms with Gasteiger partial charge < -0.3 is 24.0 Å². The topological polar surface area (TPSA) is 127 Å². The van der Waals surface area contributed by atoms with Crippen molar-refractivity contribution in [1.29, 1.82) is 0 Å². The highest BCUT2D eigenvalue weighted by atomic mass is 32.2. The molecule has 0 bridgehead atoms. The summed E-state index contributed by atoms with van der Waals surface area (Å²) in [5.74, 6) is 0.0751. The molecule has 0 saturated heterocycles. The molecule has 1 aliphatic rings. The second-order valence-corrected chi connectivity index (χ2v) is 19.2. The molecule has 1 aliphatic heterocycles. The summed E-state index contributed by atoms with van der Waals surface area (Å²) < 4.78 is 42.3. The fourth-order valence-corrected chi connectivity index (χ4v) is 12.0. The van der Waals surface area contributed by atoms with Crippen LogP contribution in [0, 0.1) is 0 Å². The van der Waals surface area contributed by atoms with E-state index in [0.717, 1.165) is 6.26 Å². The molecule has 0 aliphatic carbocycles. The van der Waals surface area contributed by atoms with Crippen LogP contribution in [0.15, 0.2) is 64.5 Å². The van der Waals surface area contributed by atoms with Gasteiger partial charge in [0.1, 0.15) is 23.3 Å². The lowest BCUT2D eigenvalue weighted by molar-refractivity contribution is 0.0696. The van der Waals surface area contributed by atoms with Crippen molar-refractivity contribution in [2.75, 3.05) is 19.4 Å². The molecule has 3 aromatic rings. The Morgan fingerprint density at radius 2 is 1.60 bits per heavy atom. The third-order valence-corrected chi connectivity index (χ3v) is 15.0. The smallest absolute Gasteiger partial charge is 0.335 e. The third kappa shape index (κ3) is 6.79. The number of aromatic carboxylic acids is 1. The highest BCUT2D eigenvalue weighted by Crippen LogP contribution is 2.42. The van der Waals surface area contributed by atoms with Crippen LogP contribution in [0.2, 0.25) is 16.6 Å². The molecule has 1 atom stereocenters. The minimum Gasteiger partial charge on any atom is -0.478 e. The summed E-state index contributed by atoms with van der Waals surface area (Å²) in [6.07, 6.45) is 0.962. The minimum absolute atomic E-state index is 0.0474. The summed E-state index contributed by atoms with van der Waals surface area (Å²) in [5.41, 5.74) is 3.44. The Labute approximate surface area is 249 Å². The number of ether oxygens (including phenoxy) is 2. The second-order valence-electron chi connectivity index (χ2n) is 11.7. The Balaban J connectivity index is 1.49. The van der Waals surface area contributed by atoms with Crippen molar-refractivity contribution < 1.29 is 32.2 Å². The first-order valence-electron chi connectivity index (χ1n) is 14.1. The van der Waals surface area contributed by atoms with Gasteiger partial charge in [-0.15, -0.1) is 0 Å². The van der Waals surface area contributed by atoms with E-state index in [9.17, 15) is 18.3 Å². The van der Waals surface area contributed by atoms with Gasteiger partial charge in [0, 0.05) is 17.5 Å². The number of carboxylic acids is 1. The molecular weight excluding hydrogens is 573 g/mol. The first kappa shape index (κ1) is 31.5. The number of H-pyrrole nitrogens is 1. The Kier molecular flexibility index (Phi) is 9.34. The van der Waals surface area contributed by atoms with E-state index in [4.69, 9.17) is 13.9 Å². The van der Waals surface area contributed by atoms with E-state index in [-0.39, 0.29) is 16.6 Å². The molecule has 0 amide bonds. The standard InChI is InChI=1S/C31H40N2O7SSi/c1-19(2)42(20(3)4,21(5)6)38-18-26-17-32-30(40-26)29-13-12-28(33-29)22-14-23(31(34)35)16-25(15-22)39-24-8-10-27(11-9-24)41(7,36)37/h8-16,19-21,26,33H,17-18H2,1-7H3,(H,34,35)/t26-/m1/s1. The van der Waals surface area contributed by atoms with Crippen LogP contribution in [-0.2, 0) is 19.0 Å². The molecule has 0 unspecified atom stereocenters. The van der Waals surface area contributed by atoms with Crippen molar-refractivity contribution in [3.63, 3.8) is 0 Å². The van der Waals surface area contributed by atoms with E-state index in [0.29, 0.717) is 64.1 Å². The zero-order valence-corrected chi connectivity index (χ0v) is 27.0. The molecule has 2 N–H and O–H groups in total. The fourth-order valence-electron chi connectivity index (χ4n) is 5.91. The molecule has 0 radical (unpaired) electrons. The zero-order valence-electron chi connectivity index (χ0n) is 25.2. The highest BCUT2D eigenvalue weighted by Gasteiger charge is 2.45. The molecular formula is C31H40N2O7SSi. The summed E-state index contributed by atoms with van der Waals surface area (Å²) >= 11 is 0. The first-order valence-corrected chi connectivity index (χ1v) is 18.1.